The van der Waals surface area contributed by atoms with Crippen molar-refractivity contribution in [2.24, 2.45) is 0 Å². The van der Waals surface area contributed by atoms with E-state index in [4.69, 9.17) is 0 Å². The maximum absolute atomic E-state index is 14.4. The third kappa shape index (κ3) is 3.65. The van der Waals surface area contributed by atoms with Gasteiger partial charge in [0, 0.05) is 12.4 Å². The second kappa shape index (κ2) is 7.30. The highest BCUT2D eigenvalue weighted by molar-refractivity contribution is 6.07. The molecule has 4 aromatic rings. The van der Waals surface area contributed by atoms with Gasteiger partial charge in [-0.05, 0) is 47.0 Å². The van der Waals surface area contributed by atoms with Gasteiger partial charge in [-0.25, -0.2) is 4.39 Å². The van der Waals surface area contributed by atoms with Crippen LogP contribution in [0.3, 0.4) is 0 Å². The molecule has 0 spiro atoms. The number of nitrogens with zero attached hydrogens (tertiary/aromatic N) is 2. The average Bonchev–Trinajstić information content (AvgIpc) is 2.72. The molecule has 1 heterocycles. The van der Waals surface area contributed by atoms with Crippen molar-refractivity contribution in [3.05, 3.63) is 102 Å². The monoisotopic (exact) mass is 354 g/mol. The summed E-state index contributed by atoms with van der Waals surface area (Å²) >= 11 is 0. The van der Waals surface area contributed by atoms with Gasteiger partial charge in [-0.15, -0.1) is 0 Å². The SMILES string of the molecule is O=C(C=Cc1ccc2nccnc2c1)c1ccc(-c2ccccc2)cc1F. The van der Waals surface area contributed by atoms with E-state index in [1.807, 2.05) is 48.5 Å². The highest BCUT2D eigenvalue weighted by Gasteiger charge is 2.10. The number of ketones is 1. The van der Waals surface area contributed by atoms with Crippen LogP contribution in [0.15, 0.2) is 85.2 Å². The van der Waals surface area contributed by atoms with Crippen molar-refractivity contribution in [1.29, 1.82) is 0 Å². The molecular formula is C23H15FN2O. The highest BCUT2D eigenvalue weighted by atomic mass is 19.1. The largest absolute Gasteiger partial charge is 0.289 e. The van der Waals surface area contributed by atoms with Crippen molar-refractivity contribution >= 4 is 22.9 Å². The fourth-order valence-electron chi connectivity index (χ4n) is 2.87. The molecule has 3 aromatic carbocycles. The third-order valence-corrected chi connectivity index (χ3v) is 4.26. The lowest BCUT2D eigenvalue weighted by atomic mass is 10.0. The number of fused-ring (bicyclic) bond motifs is 1. The van der Waals surface area contributed by atoms with E-state index in [9.17, 15) is 9.18 Å². The van der Waals surface area contributed by atoms with E-state index in [1.165, 1.54) is 18.2 Å². The quantitative estimate of drug-likeness (QED) is 0.367. The average molecular weight is 354 g/mol. The van der Waals surface area contributed by atoms with Gasteiger partial charge in [-0.3, -0.25) is 14.8 Å². The summed E-state index contributed by atoms with van der Waals surface area (Å²) in [6.07, 6.45) is 6.27. The first-order valence-corrected chi connectivity index (χ1v) is 8.49. The lowest BCUT2D eigenvalue weighted by Gasteiger charge is -2.04. The number of benzene rings is 3. The first-order chi connectivity index (χ1) is 13.2. The van der Waals surface area contributed by atoms with Crippen molar-refractivity contribution in [2.45, 2.75) is 0 Å². The summed E-state index contributed by atoms with van der Waals surface area (Å²) in [6, 6.07) is 19.7. The van der Waals surface area contributed by atoms with Crippen molar-refractivity contribution in [3.8, 4) is 11.1 Å². The predicted octanol–water partition coefficient (Wildman–Crippen LogP) is 5.33. The molecule has 4 heteroatoms. The molecular weight excluding hydrogens is 339 g/mol. The topological polar surface area (TPSA) is 42.9 Å². The van der Waals surface area contributed by atoms with Crippen LogP contribution in [0.2, 0.25) is 0 Å². The van der Waals surface area contributed by atoms with E-state index in [0.717, 1.165) is 27.7 Å². The highest BCUT2D eigenvalue weighted by Crippen LogP contribution is 2.22. The van der Waals surface area contributed by atoms with Crippen LogP contribution < -0.4 is 0 Å². The molecule has 0 saturated heterocycles. The Morgan fingerprint density at radius 3 is 2.37 bits per heavy atom. The first-order valence-electron chi connectivity index (χ1n) is 8.49. The van der Waals surface area contributed by atoms with E-state index in [1.54, 1.807) is 24.5 Å². The van der Waals surface area contributed by atoms with E-state index < -0.39 is 5.82 Å². The zero-order valence-electron chi connectivity index (χ0n) is 14.3. The molecule has 0 N–H and O–H groups in total. The van der Waals surface area contributed by atoms with Gasteiger partial charge in [0.2, 0.25) is 0 Å². The summed E-state index contributed by atoms with van der Waals surface area (Å²) in [6.45, 7) is 0. The van der Waals surface area contributed by atoms with Crippen molar-refractivity contribution in [3.63, 3.8) is 0 Å². The summed E-state index contributed by atoms with van der Waals surface area (Å²) in [7, 11) is 0. The number of carbonyl (C=O) groups excluding carboxylic acids is 1. The minimum absolute atomic E-state index is 0.0477. The van der Waals surface area contributed by atoms with Crippen LogP contribution in [-0.4, -0.2) is 15.8 Å². The Morgan fingerprint density at radius 2 is 1.59 bits per heavy atom. The first kappa shape index (κ1) is 16.8. The van der Waals surface area contributed by atoms with Gasteiger partial charge in [-0.1, -0.05) is 48.5 Å². The third-order valence-electron chi connectivity index (χ3n) is 4.26. The van der Waals surface area contributed by atoms with Gasteiger partial charge in [0.15, 0.2) is 5.78 Å². The molecule has 0 aliphatic rings. The smallest absolute Gasteiger partial charge is 0.188 e. The standard InChI is InChI=1S/C23H15FN2O/c24-20-15-18(17-4-2-1-3-5-17)8-9-19(20)23(27)11-7-16-6-10-21-22(14-16)26-13-12-25-21/h1-15H. The molecule has 0 amide bonds. The summed E-state index contributed by atoms with van der Waals surface area (Å²) in [5.41, 5.74) is 4.02. The van der Waals surface area contributed by atoms with Crippen LogP contribution in [0.25, 0.3) is 28.2 Å². The van der Waals surface area contributed by atoms with Crippen LogP contribution in [0.5, 0.6) is 0 Å². The Kier molecular flexibility index (Phi) is 4.54. The number of hydrogen-bond acceptors (Lipinski definition) is 3. The zero-order chi connectivity index (χ0) is 18.6. The second-order valence-electron chi connectivity index (χ2n) is 6.06. The maximum Gasteiger partial charge on any atom is 0.188 e. The number of halogens is 1. The Balaban J connectivity index is 1.57. The molecule has 0 aliphatic carbocycles. The normalized spacial score (nSPS) is 11.1. The molecule has 0 unspecified atom stereocenters. The molecule has 27 heavy (non-hydrogen) atoms. The van der Waals surface area contributed by atoms with E-state index in [2.05, 4.69) is 9.97 Å². The maximum atomic E-state index is 14.4. The van der Waals surface area contributed by atoms with E-state index >= 15 is 0 Å². The summed E-state index contributed by atoms with van der Waals surface area (Å²) in [5, 5.41) is 0. The molecule has 3 nitrogen and oxygen atoms in total. The summed E-state index contributed by atoms with van der Waals surface area (Å²) in [4.78, 5) is 20.8. The molecule has 130 valence electrons. The Hall–Kier alpha value is -3.66. The molecule has 4 rings (SSSR count). The number of hydrogen-bond donors (Lipinski definition) is 0. The number of allylic oxidation sites excluding steroid dienone is 1. The fourth-order valence-corrected chi connectivity index (χ4v) is 2.87. The number of rotatable bonds is 4. The Morgan fingerprint density at radius 1 is 0.815 bits per heavy atom. The lowest BCUT2D eigenvalue weighted by Crippen LogP contribution is -1.99. The van der Waals surface area contributed by atoms with Crippen molar-refractivity contribution in [2.75, 3.05) is 0 Å². The van der Waals surface area contributed by atoms with Gasteiger partial charge in [0.1, 0.15) is 5.82 Å². The van der Waals surface area contributed by atoms with Crippen LogP contribution in [-0.2, 0) is 0 Å². The molecule has 0 atom stereocenters. The van der Waals surface area contributed by atoms with Crippen molar-refractivity contribution < 1.29 is 9.18 Å². The molecule has 1 aromatic heterocycles. The minimum atomic E-state index is -0.532. The number of aromatic nitrogens is 2. The van der Waals surface area contributed by atoms with E-state index in [0.29, 0.717) is 0 Å². The number of carbonyl (C=O) groups is 1. The molecule has 0 fully saturated rings. The summed E-state index contributed by atoms with van der Waals surface area (Å²) in [5.74, 6) is -0.915. The van der Waals surface area contributed by atoms with Gasteiger partial charge in [0.05, 0.1) is 16.6 Å². The van der Waals surface area contributed by atoms with Crippen molar-refractivity contribution in [1.82, 2.24) is 9.97 Å². The van der Waals surface area contributed by atoms with Crippen LogP contribution >= 0.6 is 0 Å². The Labute approximate surface area is 155 Å². The van der Waals surface area contributed by atoms with Crippen LogP contribution in [0.1, 0.15) is 15.9 Å². The summed E-state index contributed by atoms with van der Waals surface area (Å²) < 4.78 is 14.4. The predicted molar refractivity (Wildman–Crippen MR) is 105 cm³/mol. The van der Waals surface area contributed by atoms with Gasteiger partial charge < -0.3 is 0 Å². The molecule has 0 aliphatic heterocycles. The Bertz CT molecular complexity index is 1150. The molecule has 0 bridgehead atoms. The van der Waals surface area contributed by atoms with E-state index in [-0.39, 0.29) is 11.3 Å². The minimum Gasteiger partial charge on any atom is -0.289 e. The zero-order valence-corrected chi connectivity index (χ0v) is 14.3. The van der Waals surface area contributed by atoms with Gasteiger partial charge in [-0.2, -0.15) is 0 Å². The molecule has 0 radical (unpaired) electrons. The molecule has 0 saturated carbocycles. The van der Waals surface area contributed by atoms with Crippen LogP contribution in [0, 0.1) is 5.82 Å². The van der Waals surface area contributed by atoms with Gasteiger partial charge in [0.25, 0.3) is 0 Å². The van der Waals surface area contributed by atoms with Gasteiger partial charge >= 0.3 is 0 Å². The fraction of sp³-hybridized carbons (Fsp3) is 0. The van der Waals surface area contributed by atoms with Crippen LogP contribution in [0.4, 0.5) is 4.39 Å². The second-order valence-corrected chi connectivity index (χ2v) is 6.06. The lowest BCUT2D eigenvalue weighted by molar-refractivity contribution is 0.104.